The van der Waals surface area contributed by atoms with Crippen LogP contribution >= 0.6 is 11.6 Å². The molecule has 2 amide bonds. The van der Waals surface area contributed by atoms with Crippen molar-refractivity contribution in [2.75, 3.05) is 48.3 Å². The maximum absolute atomic E-state index is 13.3. The minimum atomic E-state index is -0.997. The van der Waals surface area contributed by atoms with Crippen LogP contribution in [0.15, 0.2) is 36.4 Å². The van der Waals surface area contributed by atoms with Gasteiger partial charge in [0.2, 0.25) is 5.91 Å². The topological polar surface area (TPSA) is 73.9 Å². The van der Waals surface area contributed by atoms with E-state index in [1.54, 1.807) is 17.0 Å². The molecule has 0 aliphatic carbocycles. The normalized spacial score (nSPS) is 14.1. The summed E-state index contributed by atoms with van der Waals surface area (Å²) in [7, 11) is 0. The third kappa shape index (κ3) is 6.95. The second kappa shape index (κ2) is 10.2. The number of nitrogens with zero attached hydrogens (tertiary/aromatic N) is 2. The summed E-state index contributed by atoms with van der Waals surface area (Å²) < 4.78 is 31.7. The van der Waals surface area contributed by atoms with Gasteiger partial charge in [-0.05, 0) is 51.1 Å². The lowest BCUT2D eigenvalue weighted by molar-refractivity contribution is -0.114. The average molecular weight is 481 g/mol. The number of nitrogens with one attached hydrogen (secondary N) is 2. The average Bonchev–Trinajstić information content (AvgIpc) is 2.75. The van der Waals surface area contributed by atoms with Crippen LogP contribution in [0.2, 0.25) is 5.02 Å². The molecule has 0 atom stereocenters. The molecule has 0 spiro atoms. The quantitative estimate of drug-likeness (QED) is 0.647. The number of carbonyl (C=O) groups is 2. The van der Waals surface area contributed by atoms with E-state index in [9.17, 15) is 18.4 Å². The van der Waals surface area contributed by atoms with Crippen molar-refractivity contribution >= 4 is 40.7 Å². The highest BCUT2D eigenvalue weighted by Gasteiger charge is 2.26. The SMILES string of the molecule is CC(C)(C)OC(=O)N1CCN(c2ccc(Cl)c(NC(=O)CNc3ccc(F)c(F)c3)c2)CC1. The Balaban J connectivity index is 1.56. The van der Waals surface area contributed by atoms with E-state index in [0.717, 1.165) is 17.8 Å². The van der Waals surface area contributed by atoms with Gasteiger partial charge in [-0.3, -0.25) is 4.79 Å². The number of hydrogen-bond donors (Lipinski definition) is 2. The minimum Gasteiger partial charge on any atom is -0.444 e. The van der Waals surface area contributed by atoms with Crippen LogP contribution in [0.5, 0.6) is 0 Å². The van der Waals surface area contributed by atoms with E-state index in [2.05, 4.69) is 15.5 Å². The lowest BCUT2D eigenvalue weighted by Crippen LogP contribution is -2.50. The van der Waals surface area contributed by atoms with Gasteiger partial charge in [-0.1, -0.05) is 11.6 Å². The molecule has 2 aromatic carbocycles. The monoisotopic (exact) mass is 480 g/mol. The van der Waals surface area contributed by atoms with Gasteiger partial charge in [-0.2, -0.15) is 0 Å². The standard InChI is InChI=1S/C23H27ClF2N4O3/c1-23(2,3)33-22(32)30-10-8-29(9-11-30)16-5-6-17(24)20(13-16)28-21(31)14-27-15-4-7-18(25)19(26)12-15/h4-7,12-13,27H,8-11,14H2,1-3H3,(H,28,31). The highest BCUT2D eigenvalue weighted by Crippen LogP contribution is 2.28. The second-order valence-electron chi connectivity index (χ2n) is 8.65. The van der Waals surface area contributed by atoms with Gasteiger partial charge < -0.3 is 25.2 Å². The predicted molar refractivity (Wildman–Crippen MR) is 125 cm³/mol. The smallest absolute Gasteiger partial charge is 0.410 e. The summed E-state index contributed by atoms with van der Waals surface area (Å²) in [5.74, 6) is -2.35. The molecule has 178 valence electrons. The van der Waals surface area contributed by atoms with Crippen molar-refractivity contribution in [3.8, 4) is 0 Å². The summed E-state index contributed by atoms with van der Waals surface area (Å²) >= 11 is 6.25. The van der Waals surface area contributed by atoms with Crippen molar-refractivity contribution in [1.29, 1.82) is 0 Å². The van der Waals surface area contributed by atoms with Crippen molar-refractivity contribution in [2.24, 2.45) is 0 Å². The van der Waals surface area contributed by atoms with Crippen LogP contribution in [0, 0.1) is 11.6 Å². The van der Waals surface area contributed by atoms with Gasteiger partial charge in [0.15, 0.2) is 11.6 Å². The third-order valence-electron chi connectivity index (χ3n) is 4.89. The number of anilines is 3. The summed E-state index contributed by atoms with van der Waals surface area (Å²) in [6.07, 6.45) is -0.334. The zero-order valence-corrected chi connectivity index (χ0v) is 19.5. The molecule has 0 unspecified atom stereocenters. The zero-order valence-electron chi connectivity index (χ0n) is 18.8. The molecule has 33 heavy (non-hydrogen) atoms. The molecule has 1 heterocycles. The molecule has 2 N–H and O–H groups in total. The number of carbonyl (C=O) groups excluding carboxylic acids is 2. The summed E-state index contributed by atoms with van der Waals surface area (Å²) in [6.45, 7) is 7.57. The van der Waals surface area contributed by atoms with E-state index in [1.165, 1.54) is 6.07 Å². The molecule has 10 heteroatoms. The molecule has 0 aromatic heterocycles. The number of ether oxygens (including phenoxy) is 1. The molecule has 7 nitrogen and oxygen atoms in total. The maximum atomic E-state index is 13.3. The van der Waals surface area contributed by atoms with E-state index >= 15 is 0 Å². The van der Waals surface area contributed by atoms with E-state index in [-0.39, 0.29) is 18.3 Å². The summed E-state index contributed by atoms with van der Waals surface area (Å²) in [6, 6.07) is 8.61. The zero-order chi connectivity index (χ0) is 24.2. The first-order chi connectivity index (χ1) is 15.5. The Morgan fingerprint density at radius 3 is 2.36 bits per heavy atom. The molecule has 1 saturated heterocycles. The largest absolute Gasteiger partial charge is 0.444 e. The van der Waals surface area contributed by atoms with Crippen LogP contribution < -0.4 is 15.5 Å². The number of amides is 2. The fourth-order valence-electron chi connectivity index (χ4n) is 3.26. The van der Waals surface area contributed by atoms with E-state index in [0.29, 0.717) is 36.9 Å². The minimum absolute atomic E-state index is 0.153. The van der Waals surface area contributed by atoms with Crippen LogP contribution in [0.3, 0.4) is 0 Å². The van der Waals surface area contributed by atoms with Gasteiger partial charge in [0.1, 0.15) is 5.60 Å². The molecule has 0 radical (unpaired) electrons. The van der Waals surface area contributed by atoms with Gasteiger partial charge in [0.25, 0.3) is 0 Å². The Hall–Kier alpha value is -3.07. The number of hydrogen-bond acceptors (Lipinski definition) is 5. The van der Waals surface area contributed by atoms with Gasteiger partial charge in [0, 0.05) is 43.6 Å². The molecular weight excluding hydrogens is 454 g/mol. The molecule has 0 bridgehead atoms. The first-order valence-corrected chi connectivity index (χ1v) is 10.9. The molecular formula is C23H27ClF2N4O3. The summed E-state index contributed by atoms with van der Waals surface area (Å²) in [5.41, 5.74) is 1.02. The van der Waals surface area contributed by atoms with E-state index < -0.39 is 23.1 Å². The van der Waals surface area contributed by atoms with Gasteiger partial charge in [-0.15, -0.1) is 0 Å². The molecule has 1 aliphatic rings. The lowest BCUT2D eigenvalue weighted by Gasteiger charge is -2.37. The Bertz CT molecular complexity index is 1020. The second-order valence-corrected chi connectivity index (χ2v) is 9.06. The Morgan fingerprint density at radius 1 is 1.03 bits per heavy atom. The Labute approximate surface area is 196 Å². The highest BCUT2D eigenvalue weighted by atomic mass is 35.5. The van der Waals surface area contributed by atoms with Crippen molar-refractivity contribution < 1.29 is 23.1 Å². The van der Waals surface area contributed by atoms with Crippen molar-refractivity contribution in [1.82, 2.24) is 4.90 Å². The number of piperazine rings is 1. The predicted octanol–water partition coefficient (Wildman–Crippen LogP) is 4.73. The molecule has 3 rings (SSSR count). The van der Waals surface area contributed by atoms with Crippen LogP contribution in [0.1, 0.15) is 20.8 Å². The first kappa shape index (κ1) is 24.6. The van der Waals surface area contributed by atoms with Crippen molar-refractivity contribution in [2.45, 2.75) is 26.4 Å². The fraction of sp³-hybridized carbons (Fsp3) is 0.391. The van der Waals surface area contributed by atoms with Crippen LogP contribution in [-0.2, 0) is 9.53 Å². The van der Waals surface area contributed by atoms with Gasteiger partial charge in [-0.25, -0.2) is 13.6 Å². The van der Waals surface area contributed by atoms with Crippen LogP contribution in [0.4, 0.5) is 30.6 Å². The number of benzene rings is 2. The van der Waals surface area contributed by atoms with Gasteiger partial charge >= 0.3 is 6.09 Å². The molecule has 2 aromatic rings. The van der Waals surface area contributed by atoms with Crippen molar-refractivity contribution in [3.05, 3.63) is 53.1 Å². The molecule has 1 aliphatic heterocycles. The van der Waals surface area contributed by atoms with E-state index in [1.807, 2.05) is 26.8 Å². The lowest BCUT2D eigenvalue weighted by atomic mass is 10.2. The number of rotatable bonds is 5. The molecule has 1 fully saturated rings. The van der Waals surface area contributed by atoms with Crippen LogP contribution in [0.25, 0.3) is 0 Å². The maximum Gasteiger partial charge on any atom is 0.410 e. The number of halogens is 3. The highest BCUT2D eigenvalue weighted by molar-refractivity contribution is 6.33. The summed E-state index contributed by atoms with van der Waals surface area (Å²) in [4.78, 5) is 28.3. The van der Waals surface area contributed by atoms with Crippen molar-refractivity contribution in [3.63, 3.8) is 0 Å². The third-order valence-corrected chi connectivity index (χ3v) is 5.22. The fourth-order valence-corrected chi connectivity index (χ4v) is 3.43. The Morgan fingerprint density at radius 2 is 1.73 bits per heavy atom. The van der Waals surface area contributed by atoms with Gasteiger partial charge in [0.05, 0.1) is 17.3 Å². The molecule has 0 saturated carbocycles. The van der Waals surface area contributed by atoms with E-state index in [4.69, 9.17) is 16.3 Å². The summed E-state index contributed by atoms with van der Waals surface area (Å²) in [5, 5.41) is 5.83. The first-order valence-electron chi connectivity index (χ1n) is 10.5. The Kier molecular flexibility index (Phi) is 7.63. The van der Waals surface area contributed by atoms with Crippen LogP contribution in [-0.4, -0.2) is 55.2 Å².